The molecule has 1 aliphatic heterocycles. The molecule has 0 aromatic heterocycles. The average Bonchev–Trinajstić information content (AvgIpc) is 2.82. The zero-order valence-electron chi connectivity index (χ0n) is 19.0. The minimum absolute atomic E-state index is 0.199. The number of nitrogens with one attached hydrogen (secondary N) is 2. The molecular weight excluding hydrogens is 474 g/mol. The first-order chi connectivity index (χ1) is 16.4. The number of amides is 1. The molecule has 0 aliphatic carbocycles. The number of nitriles is 1. The van der Waals surface area contributed by atoms with Crippen molar-refractivity contribution < 1.29 is 19.1 Å². The maximum atomic E-state index is 13.5. The fraction of sp³-hybridized carbons (Fsp3) is 0.240. The Balaban J connectivity index is 2.02. The van der Waals surface area contributed by atoms with Crippen molar-refractivity contribution >= 4 is 40.9 Å². The number of halogens is 1. The van der Waals surface area contributed by atoms with Gasteiger partial charge in [0.25, 0.3) is 5.91 Å². The van der Waals surface area contributed by atoms with Crippen molar-refractivity contribution in [3.05, 3.63) is 81.0 Å². The lowest BCUT2D eigenvalue weighted by atomic mass is 9.82. The van der Waals surface area contributed by atoms with Gasteiger partial charge in [0.2, 0.25) is 0 Å². The van der Waals surface area contributed by atoms with E-state index >= 15 is 0 Å². The lowest BCUT2D eigenvalue weighted by molar-refractivity contribution is -0.140. The van der Waals surface area contributed by atoms with Crippen LogP contribution in [0.3, 0.4) is 0 Å². The van der Waals surface area contributed by atoms with Crippen LogP contribution in [-0.4, -0.2) is 31.3 Å². The number of esters is 1. The highest BCUT2D eigenvalue weighted by Gasteiger charge is 2.36. The molecule has 1 amide bonds. The van der Waals surface area contributed by atoms with E-state index < -0.39 is 5.92 Å². The van der Waals surface area contributed by atoms with Gasteiger partial charge in [0.05, 0.1) is 35.4 Å². The molecule has 0 saturated carbocycles. The molecule has 1 atom stereocenters. The van der Waals surface area contributed by atoms with Crippen molar-refractivity contribution in [2.75, 3.05) is 24.8 Å². The molecule has 2 aromatic rings. The molecule has 0 spiro atoms. The molecule has 0 saturated heterocycles. The number of carbonyl (C=O) groups is 2. The molecule has 0 radical (unpaired) electrons. The van der Waals surface area contributed by atoms with E-state index in [4.69, 9.17) is 21.1 Å². The van der Waals surface area contributed by atoms with Gasteiger partial charge < -0.3 is 20.1 Å². The third-order valence-corrected chi connectivity index (χ3v) is 6.42. The summed E-state index contributed by atoms with van der Waals surface area (Å²) in [5.41, 5.74) is 2.48. The lowest BCUT2D eigenvalue weighted by Gasteiger charge is -2.30. The van der Waals surface area contributed by atoms with Crippen molar-refractivity contribution in [1.82, 2.24) is 5.32 Å². The smallest absolute Gasteiger partial charge is 0.302 e. The molecule has 0 fully saturated rings. The second-order valence-corrected chi connectivity index (χ2v) is 8.83. The number of thioether (sulfide) groups is 1. The maximum Gasteiger partial charge on any atom is 0.302 e. The number of nitrogens with zero attached hydrogens (tertiary/aromatic N) is 1. The highest BCUT2D eigenvalue weighted by molar-refractivity contribution is 8.03. The van der Waals surface area contributed by atoms with Crippen LogP contribution in [0, 0.1) is 11.3 Å². The molecule has 9 heteroatoms. The van der Waals surface area contributed by atoms with Crippen LogP contribution in [0.25, 0.3) is 0 Å². The number of ether oxygens (including phenoxy) is 2. The van der Waals surface area contributed by atoms with Gasteiger partial charge in [-0.05, 0) is 30.7 Å². The van der Waals surface area contributed by atoms with Gasteiger partial charge in [-0.2, -0.15) is 5.26 Å². The van der Waals surface area contributed by atoms with Gasteiger partial charge in [-0.3, -0.25) is 9.59 Å². The number of para-hydroxylation sites is 2. The zero-order chi connectivity index (χ0) is 24.7. The Morgan fingerprint density at radius 1 is 1.21 bits per heavy atom. The number of dihydropyridines is 1. The topological polar surface area (TPSA) is 100 Å². The standard InChI is InChI=1S/C25H24ClN3O4S/c1-15-22(24(31)29-20-10-6-7-11-21(20)32-3)23(17-8-4-5-9-19(17)26)18(14-27)25(28-15)34-13-12-33-16(2)30/h4-11,23,28H,12-13H2,1-3H3,(H,29,31). The van der Waals surface area contributed by atoms with E-state index in [1.54, 1.807) is 43.3 Å². The summed E-state index contributed by atoms with van der Waals surface area (Å²) < 4.78 is 10.4. The fourth-order valence-electron chi connectivity index (χ4n) is 3.61. The van der Waals surface area contributed by atoms with Gasteiger partial charge in [0.1, 0.15) is 12.4 Å². The Hall–Kier alpha value is -3.41. The van der Waals surface area contributed by atoms with E-state index in [2.05, 4.69) is 16.7 Å². The van der Waals surface area contributed by atoms with Gasteiger partial charge in [0.15, 0.2) is 0 Å². The van der Waals surface area contributed by atoms with Crippen LogP contribution in [-0.2, 0) is 14.3 Å². The van der Waals surface area contributed by atoms with Gasteiger partial charge in [0, 0.05) is 29.0 Å². The normalized spacial score (nSPS) is 15.3. The number of hydrogen-bond acceptors (Lipinski definition) is 7. The first-order valence-corrected chi connectivity index (χ1v) is 11.8. The minimum atomic E-state index is -0.689. The van der Waals surface area contributed by atoms with Crippen LogP contribution >= 0.6 is 23.4 Å². The second kappa shape index (κ2) is 11.6. The van der Waals surface area contributed by atoms with E-state index in [0.717, 1.165) is 0 Å². The van der Waals surface area contributed by atoms with Gasteiger partial charge in [-0.1, -0.05) is 41.9 Å². The van der Waals surface area contributed by atoms with Crippen LogP contribution in [0.4, 0.5) is 5.69 Å². The van der Waals surface area contributed by atoms with Crippen molar-refractivity contribution in [3.63, 3.8) is 0 Å². The second-order valence-electron chi connectivity index (χ2n) is 7.32. The van der Waals surface area contributed by atoms with Gasteiger partial charge >= 0.3 is 5.97 Å². The molecule has 1 aliphatic rings. The van der Waals surface area contributed by atoms with Crippen LogP contribution in [0.2, 0.25) is 5.02 Å². The Labute approximate surface area is 207 Å². The first kappa shape index (κ1) is 25.2. The van der Waals surface area contributed by atoms with Crippen LogP contribution in [0.1, 0.15) is 25.3 Å². The summed E-state index contributed by atoms with van der Waals surface area (Å²) in [6.45, 7) is 3.32. The van der Waals surface area contributed by atoms with Gasteiger partial charge in [-0.15, -0.1) is 11.8 Å². The SMILES string of the molecule is COc1ccccc1NC(=O)C1=C(C)NC(SCCOC(C)=O)=C(C#N)C1c1ccccc1Cl. The Morgan fingerprint density at radius 3 is 2.59 bits per heavy atom. The van der Waals surface area contributed by atoms with Crippen LogP contribution in [0.5, 0.6) is 5.75 Å². The number of anilines is 1. The summed E-state index contributed by atoms with van der Waals surface area (Å²) in [4.78, 5) is 24.6. The summed E-state index contributed by atoms with van der Waals surface area (Å²) >= 11 is 7.87. The number of carbonyl (C=O) groups excluding carboxylic acids is 2. The fourth-order valence-corrected chi connectivity index (χ4v) is 4.77. The van der Waals surface area contributed by atoms with Crippen molar-refractivity contribution in [1.29, 1.82) is 5.26 Å². The number of allylic oxidation sites excluding steroid dienone is 2. The third kappa shape index (κ3) is 5.74. The first-order valence-electron chi connectivity index (χ1n) is 10.4. The maximum absolute atomic E-state index is 13.5. The molecule has 1 heterocycles. The van der Waals surface area contributed by atoms with Crippen LogP contribution in [0.15, 0.2) is 70.4 Å². The minimum Gasteiger partial charge on any atom is -0.495 e. The van der Waals surface area contributed by atoms with E-state index in [1.807, 2.05) is 12.1 Å². The van der Waals surface area contributed by atoms with E-state index in [1.165, 1.54) is 25.8 Å². The molecule has 1 unspecified atom stereocenters. The molecular formula is C25H24ClN3O4S. The quantitative estimate of drug-likeness (QED) is 0.392. The molecule has 2 aromatic carbocycles. The molecule has 3 rings (SSSR count). The van der Waals surface area contributed by atoms with Crippen molar-refractivity contribution in [3.8, 4) is 11.8 Å². The summed E-state index contributed by atoms with van der Waals surface area (Å²) in [6.07, 6.45) is 0. The number of methoxy groups -OCH3 is 1. The number of benzene rings is 2. The predicted molar refractivity (Wildman–Crippen MR) is 133 cm³/mol. The molecule has 176 valence electrons. The predicted octanol–water partition coefficient (Wildman–Crippen LogP) is 4.98. The number of rotatable bonds is 8. The summed E-state index contributed by atoms with van der Waals surface area (Å²) in [5.74, 6) is -0.475. The summed E-state index contributed by atoms with van der Waals surface area (Å²) in [6, 6.07) is 16.5. The van der Waals surface area contributed by atoms with E-state index in [9.17, 15) is 14.9 Å². The highest BCUT2D eigenvalue weighted by atomic mass is 35.5. The monoisotopic (exact) mass is 497 g/mol. The van der Waals surface area contributed by atoms with Crippen molar-refractivity contribution in [2.45, 2.75) is 19.8 Å². The van der Waals surface area contributed by atoms with Gasteiger partial charge in [-0.25, -0.2) is 0 Å². The third-order valence-electron chi connectivity index (χ3n) is 5.10. The molecule has 2 N–H and O–H groups in total. The van der Waals surface area contributed by atoms with Crippen molar-refractivity contribution in [2.24, 2.45) is 0 Å². The molecule has 0 bridgehead atoms. The highest BCUT2D eigenvalue weighted by Crippen LogP contribution is 2.43. The summed E-state index contributed by atoms with van der Waals surface area (Å²) in [7, 11) is 1.53. The summed E-state index contributed by atoms with van der Waals surface area (Å²) in [5, 5.41) is 17.3. The zero-order valence-corrected chi connectivity index (χ0v) is 20.5. The lowest BCUT2D eigenvalue weighted by Crippen LogP contribution is -2.31. The van der Waals surface area contributed by atoms with Crippen LogP contribution < -0.4 is 15.4 Å². The number of hydrogen-bond donors (Lipinski definition) is 2. The van der Waals surface area contributed by atoms with E-state index in [-0.39, 0.29) is 18.5 Å². The molecule has 7 nitrogen and oxygen atoms in total. The Kier molecular flexibility index (Phi) is 8.63. The van der Waals surface area contributed by atoms with E-state index in [0.29, 0.717) is 49.6 Å². The Morgan fingerprint density at radius 2 is 1.91 bits per heavy atom. The average molecular weight is 498 g/mol. The Bertz CT molecular complexity index is 1200. The molecule has 34 heavy (non-hydrogen) atoms. The largest absolute Gasteiger partial charge is 0.495 e.